The molecule has 1 aromatic carbocycles. The maximum Gasteiger partial charge on any atom is 0.335 e. The first kappa shape index (κ1) is 15.2. The Hall–Kier alpha value is -1.88. The molecule has 0 aliphatic rings. The molecular weight excluding hydrogens is 244 g/mol. The summed E-state index contributed by atoms with van der Waals surface area (Å²) in [5.41, 5.74) is 6.46. The standard InChI is InChI=1S/C14H20N2O3/c1-2-3-8-16(10-13(15)17)9-11-4-6-12(7-5-11)14(18)19/h4-7H,2-3,8-10H2,1H3,(H2,15,17)(H,18,19). The summed E-state index contributed by atoms with van der Waals surface area (Å²) in [7, 11) is 0. The van der Waals surface area contributed by atoms with Gasteiger partial charge in [-0.05, 0) is 30.7 Å². The molecule has 0 saturated heterocycles. The van der Waals surface area contributed by atoms with Crippen LogP contribution in [0.15, 0.2) is 24.3 Å². The summed E-state index contributed by atoms with van der Waals surface area (Å²) < 4.78 is 0. The van der Waals surface area contributed by atoms with Gasteiger partial charge in [-0.15, -0.1) is 0 Å². The van der Waals surface area contributed by atoms with E-state index in [0.717, 1.165) is 24.9 Å². The number of nitrogens with two attached hydrogens (primary N) is 1. The van der Waals surface area contributed by atoms with Crippen molar-refractivity contribution in [2.45, 2.75) is 26.3 Å². The number of aromatic carboxylic acids is 1. The molecule has 3 N–H and O–H groups in total. The summed E-state index contributed by atoms with van der Waals surface area (Å²) in [5.74, 6) is -1.29. The molecule has 0 unspecified atom stereocenters. The van der Waals surface area contributed by atoms with E-state index >= 15 is 0 Å². The minimum atomic E-state index is -0.938. The Morgan fingerprint density at radius 3 is 2.37 bits per heavy atom. The molecule has 0 bridgehead atoms. The van der Waals surface area contributed by atoms with Crippen molar-refractivity contribution < 1.29 is 14.7 Å². The van der Waals surface area contributed by atoms with Gasteiger partial charge in [0.15, 0.2) is 0 Å². The van der Waals surface area contributed by atoms with Gasteiger partial charge in [0.05, 0.1) is 12.1 Å². The summed E-state index contributed by atoms with van der Waals surface area (Å²) >= 11 is 0. The topological polar surface area (TPSA) is 83.6 Å². The second-order valence-electron chi connectivity index (χ2n) is 4.53. The Labute approximate surface area is 113 Å². The highest BCUT2D eigenvalue weighted by molar-refractivity contribution is 5.87. The second kappa shape index (κ2) is 7.53. The summed E-state index contributed by atoms with van der Waals surface area (Å²) in [6.45, 7) is 3.72. The van der Waals surface area contributed by atoms with Gasteiger partial charge in [-0.25, -0.2) is 4.79 Å². The van der Waals surface area contributed by atoms with Crippen LogP contribution >= 0.6 is 0 Å². The number of carbonyl (C=O) groups excluding carboxylic acids is 1. The Kier molecular flexibility index (Phi) is 6.02. The second-order valence-corrected chi connectivity index (χ2v) is 4.53. The van der Waals surface area contributed by atoms with Gasteiger partial charge in [-0.2, -0.15) is 0 Å². The van der Waals surface area contributed by atoms with Gasteiger partial charge < -0.3 is 10.8 Å². The predicted octanol–water partition coefficient (Wildman–Crippen LogP) is 1.47. The van der Waals surface area contributed by atoms with E-state index in [-0.39, 0.29) is 18.0 Å². The van der Waals surface area contributed by atoms with Crippen molar-refractivity contribution in [1.82, 2.24) is 4.90 Å². The minimum absolute atomic E-state index is 0.223. The van der Waals surface area contributed by atoms with Crippen LogP contribution in [0.5, 0.6) is 0 Å². The third-order valence-corrected chi connectivity index (χ3v) is 2.81. The molecular formula is C14H20N2O3. The highest BCUT2D eigenvalue weighted by Gasteiger charge is 2.09. The highest BCUT2D eigenvalue weighted by Crippen LogP contribution is 2.08. The predicted molar refractivity (Wildman–Crippen MR) is 72.8 cm³/mol. The molecule has 0 atom stereocenters. The van der Waals surface area contributed by atoms with Crippen molar-refractivity contribution >= 4 is 11.9 Å². The van der Waals surface area contributed by atoms with E-state index in [1.54, 1.807) is 24.3 Å². The Morgan fingerprint density at radius 1 is 1.26 bits per heavy atom. The molecule has 0 fully saturated rings. The fourth-order valence-electron chi connectivity index (χ4n) is 1.83. The number of nitrogens with zero attached hydrogens (tertiary/aromatic N) is 1. The molecule has 104 valence electrons. The van der Waals surface area contributed by atoms with Crippen LogP contribution in [-0.2, 0) is 11.3 Å². The van der Waals surface area contributed by atoms with Gasteiger partial charge in [-0.3, -0.25) is 9.69 Å². The van der Waals surface area contributed by atoms with Crippen molar-refractivity contribution in [3.63, 3.8) is 0 Å². The Morgan fingerprint density at radius 2 is 1.89 bits per heavy atom. The van der Waals surface area contributed by atoms with Gasteiger partial charge in [0.2, 0.25) is 5.91 Å². The van der Waals surface area contributed by atoms with Crippen LogP contribution in [0.25, 0.3) is 0 Å². The average Bonchev–Trinajstić information content (AvgIpc) is 2.36. The van der Waals surface area contributed by atoms with Gasteiger partial charge >= 0.3 is 5.97 Å². The molecule has 5 nitrogen and oxygen atoms in total. The molecule has 1 aromatic rings. The minimum Gasteiger partial charge on any atom is -0.478 e. The first-order chi connectivity index (χ1) is 9.02. The number of unbranched alkanes of at least 4 members (excludes halogenated alkanes) is 1. The van der Waals surface area contributed by atoms with E-state index in [1.165, 1.54) is 0 Å². The molecule has 0 aliphatic heterocycles. The van der Waals surface area contributed by atoms with Crippen molar-refractivity contribution in [2.75, 3.05) is 13.1 Å². The Bertz CT molecular complexity index is 429. The van der Waals surface area contributed by atoms with Gasteiger partial charge in [0.25, 0.3) is 0 Å². The smallest absolute Gasteiger partial charge is 0.335 e. The maximum atomic E-state index is 11.0. The molecule has 0 aromatic heterocycles. The van der Waals surface area contributed by atoms with E-state index in [2.05, 4.69) is 6.92 Å². The lowest BCUT2D eigenvalue weighted by molar-refractivity contribution is -0.119. The number of hydrogen-bond donors (Lipinski definition) is 2. The molecule has 1 amide bonds. The fourth-order valence-corrected chi connectivity index (χ4v) is 1.83. The number of carbonyl (C=O) groups is 2. The lowest BCUT2D eigenvalue weighted by atomic mass is 10.1. The van der Waals surface area contributed by atoms with Gasteiger partial charge in [-0.1, -0.05) is 25.5 Å². The Balaban J connectivity index is 2.66. The van der Waals surface area contributed by atoms with E-state index in [0.29, 0.717) is 6.54 Å². The number of carboxylic acids is 1. The zero-order chi connectivity index (χ0) is 14.3. The lowest BCUT2D eigenvalue weighted by Crippen LogP contribution is -2.34. The zero-order valence-corrected chi connectivity index (χ0v) is 11.1. The third-order valence-electron chi connectivity index (χ3n) is 2.81. The molecule has 19 heavy (non-hydrogen) atoms. The summed E-state index contributed by atoms with van der Waals surface area (Å²) in [5, 5.41) is 8.82. The normalized spacial score (nSPS) is 10.6. The number of amides is 1. The molecule has 0 spiro atoms. The SMILES string of the molecule is CCCCN(CC(N)=O)Cc1ccc(C(=O)O)cc1. The zero-order valence-electron chi connectivity index (χ0n) is 11.1. The first-order valence-corrected chi connectivity index (χ1v) is 6.35. The number of hydrogen-bond acceptors (Lipinski definition) is 3. The van der Waals surface area contributed by atoms with E-state index in [1.807, 2.05) is 4.90 Å². The van der Waals surface area contributed by atoms with E-state index < -0.39 is 5.97 Å². The number of benzene rings is 1. The van der Waals surface area contributed by atoms with Gasteiger partial charge in [0.1, 0.15) is 0 Å². The van der Waals surface area contributed by atoms with Crippen LogP contribution < -0.4 is 5.73 Å². The van der Waals surface area contributed by atoms with Crippen LogP contribution in [0, 0.1) is 0 Å². The summed E-state index contributed by atoms with van der Waals surface area (Å²) in [6.07, 6.45) is 2.05. The molecule has 0 heterocycles. The number of rotatable bonds is 8. The van der Waals surface area contributed by atoms with Crippen LogP contribution in [0.4, 0.5) is 0 Å². The molecule has 0 aliphatic carbocycles. The van der Waals surface area contributed by atoms with Crippen LogP contribution in [-0.4, -0.2) is 35.0 Å². The molecule has 1 rings (SSSR count). The average molecular weight is 264 g/mol. The van der Waals surface area contributed by atoms with Crippen molar-refractivity contribution in [3.8, 4) is 0 Å². The van der Waals surface area contributed by atoms with Crippen molar-refractivity contribution in [3.05, 3.63) is 35.4 Å². The fraction of sp³-hybridized carbons (Fsp3) is 0.429. The lowest BCUT2D eigenvalue weighted by Gasteiger charge is -2.20. The quantitative estimate of drug-likeness (QED) is 0.744. The van der Waals surface area contributed by atoms with Crippen molar-refractivity contribution in [2.24, 2.45) is 5.73 Å². The largest absolute Gasteiger partial charge is 0.478 e. The van der Waals surface area contributed by atoms with Crippen molar-refractivity contribution in [1.29, 1.82) is 0 Å². The summed E-state index contributed by atoms with van der Waals surface area (Å²) in [4.78, 5) is 23.7. The van der Waals surface area contributed by atoms with Gasteiger partial charge in [0, 0.05) is 6.54 Å². The first-order valence-electron chi connectivity index (χ1n) is 6.35. The summed E-state index contributed by atoms with van der Waals surface area (Å²) in [6, 6.07) is 6.67. The molecule has 0 saturated carbocycles. The number of primary amides is 1. The van der Waals surface area contributed by atoms with Crippen LogP contribution in [0.1, 0.15) is 35.7 Å². The molecule has 0 radical (unpaired) electrons. The maximum absolute atomic E-state index is 11.0. The van der Waals surface area contributed by atoms with E-state index in [9.17, 15) is 9.59 Å². The van der Waals surface area contributed by atoms with E-state index in [4.69, 9.17) is 10.8 Å². The highest BCUT2D eigenvalue weighted by atomic mass is 16.4. The van der Waals surface area contributed by atoms with Crippen LogP contribution in [0.2, 0.25) is 0 Å². The molecule has 5 heteroatoms. The number of carboxylic acid groups (broad SMARTS) is 1. The van der Waals surface area contributed by atoms with Crippen LogP contribution in [0.3, 0.4) is 0 Å². The third kappa shape index (κ3) is 5.52. The monoisotopic (exact) mass is 264 g/mol.